The molecule has 20 heavy (non-hydrogen) atoms. The minimum Gasteiger partial charge on any atom is -0.455 e. The van der Waals surface area contributed by atoms with Gasteiger partial charge in [0.05, 0.1) is 0 Å². The van der Waals surface area contributed by atoms with Crippen LogP contribution in [0.2, 0.25) is 0 Å². The van der Waals surface area contributed by atoms with Gasteiger partial charge >= 0.3 is 5.97 Å². The summed E-state index contributed by atoms with van der Waals surface area (Å²) in [6.45, 7) is 3.72. The summed E-state index contributed by atoms with van der Waals surface area (Å²) < 4.78 is 4.87. The third-order valence-corrected chi connectivity index (χ3v) is 3.35. The highest BCUT2D eigenvalue weighted by Gasteiger charge is 2.50. The van der Waals surface area contributed by atoms with Crippen LogP contribution in [0.15, 0.2) is 0 Å². The van der Waals surface area contributed by atoms with Gasteiger partial charge in [-0.1, -0.05) is 13.8 Å². The van der Waals surface area contributed by atoms with Gasteiger partial charge in [-0.25, -0.2) is 0 Å². The Kier molecular flexibility index (Phi) is 5.87. The molecule has 0 aromatic carbocycles. The first kappa shape index (κ1) is 17.3. The van der Waals surface area contributed by atoms with Crippen LogP contribution in [0.1, 0.15) is 20.3 Å². The molecule has 1 aliphatic rings. The van der Waals surface area contributed by atoms with Gasteiger partial charge in [0, 0.05) is 0 Å². The van der Waals surface area contributed by atoms with E-state index < -0.39 is 48.6 Å². The Hall–Kier alpha value is -0.770. The van der Waals surface area contributed by atoms with E-state index >= 15 is 0 Å². The van der Waals surface area contributed by atoms with Crippen LogP contribution in [0.3, 0.4) is 0 Å². The fraction of sp³-hybridized carbons (Fsp3) is 0.917. The summed E-state index contributed by atoms with van der Waals surface area (Å²) in [7, 11) is 0. The monoisotopic (exact) mass is 293 g/mol. The summed E-state index contributed by atoms with van der Waals surface area (Å²) in [6, 6.07) is -0.935. The highest BCUT2D eigenvalue weighted by Crippen LogP contribution is 2.24. The predicted octanol–water partition coefficient (Wildman–Crippen LogP) is -2.91. The summed E-state index contributed by atoms with van der Waals surface area (Å²) >= 11 is 0. The Morgan fingerprint density at radius 2 is 1.40 bits per heavy atom. The van der Waals surface area contributed by atoms with E-state index in [9.17, 15) is 30.3 Å². The van der Waals surface area contributed by atoms with Gasteiger partial charge in [-0.2, -0.15) is 0 Å². The lowest BCUT2D eigenvalue weighted by Gasteiger charge is -2.41. The number of aliphatic hydroxyl groups is 5. The van der Waals surface area contributed by atoms with Crippen LogP contribution in [0.5, 0.6) is 0 Å². The smallest absolute Gasteiger partial charge is 0.323 e. The van der Waals surface area contributed by atoms with E-state index in [0.717, 1.165) is 0 Å². The minimum absolute atomic E-state index is 0.150. The molecule has 0 unspecified atom stereocenters. The SMILES string of the molecule is CC(C)C[C@H](N)C(=O)O[C@@H]1[C@@H](O)[C@H](O)[C@@H](O)[C@H](O)[C@@H]1O. The van der Waals surface area contributed by atoms with E-state index in [-0.39, 0.29) is 5.92 Å². The van der Waals surface area contributed by atoms with Gasteiger partial charge in [-0.05, 0) is 12.3 Å². The van der Waals surface area contributed by atoms with E-state index in [1.165, 1.54) is 0 Å². The molecule has 8 nitrogen and oxygen atoms in total. The van der Waals surface area contributed by atoms with E-state index in [4.69, 9.17) is 10.5 Å². The Labute approximate surface area is 116 Å². The van der Waals surface area contributed by atoms with Gasteiger partial charge in [0.1, 0.15) is 36.6 Å². The second-order valence-corrected chi connectivity index (χ2v) is 5.59. The van der Waals surface area contributed by atoms with Crippen LogP contribution in [-0.4, -0.2) is 74.2 Å². The Morgan fingerprint density at radius 3 is 1.80 bits per heavy atom. The molecule has 0 aromatic rings. The molecule has 1 rings (SSSR count). The normalized spacial score (nSPS) is 39.6. The van der Waals surface area contributed by atoms with Gasteiger partial charge in [0.2, 0.25) is 0 Å². The van der Waals surface area contributed by atoms with Gasteiger partial charge in [0.25, 0.3) is 0 Å². The van der Waals surface area contributed by atoms with E-state index in [1.54, 1.807) is 0 Å². The zero-order valence-electron chi connectivity index (χ0n) is 11.5. The summed E-state index contributed by atoms with van der Waals surface area (Å²) in [4.78, 5) is 11.7. The van der Waals surface area contributed by atoms with Crippen molar-refractivity contribution in [2.24, 2.45) is 11.7 Å². The van der Waals surface area contributed by atoms with Gasteiger partial charge < -0.3 is 36.0 Å². The lowest BCUT2D eigenvalue weighted by molar-refractivity contribution is -0.234. The zero-order chi connectivity index (χ0) is 15.6. The summed E-state index contributed by atoms with van der Waals surface area (Å²) in [5.41, 5.74) is 5.61. The van der Waals surface area contributed by atoms with Gasteiger partial charge in [0.15, 0.2) is 6.10 Å². The first-order valence-corrected chi connectivity index (χ1v) is 6.53. The largest absolute Gasteiger partial charge is 0.455 e. The van der Waals surface area contributed by atoms with Crippen molar-refractivity contribution in [1.82, 2.24) is 0 Å². The second kappa shape index (κ2) is 6.79. The highest BCUT2D eigenvalue weighted by atomic mass is 16.6. The molecule has 0 bridgehead atoms. The number of carbonyl (C=O) groups is 1. The molecule has 0 aliphatic heterocycles. The zero-order valence-corrected chi connectivity index (χ0v) is 11.5. The topological polar surface area (TPSA) is 153 Å². The molecule has 8 heteroatoms. The number of hydrogen-bond acceptors (Lipinski definition) is 8. The van der Waals surface area contributed by atoms with E-state index in [2.05, 4.69) is 0 Å². The molecule has 0 heterocycles. The number of nitrogens with two attached hydrogens (primary N) is 1. The second-order valence-electron chi connectivity index (χ2n) is 5.59. The number of rotatable bonds is 4. The molecule has 1 fully saturated rings. The minimum atomic E-state index is -1.73. The van der Waals surface area contributed by atoms with Crippen LogP contribution in [-0.2, 0) is 9.53 Å². The molecule has 0 spiro atoms. The number of aliphatic hydroxyl groups excluding tert-OH is 5. The fourth-order valence-electron chi connectivity index (χ4n) is 2.16. The van der Waals surface area contributed by atoms with Crippen molar-refractivity contribution in [3.63, 3.8) is 0 Å². The number of carbonyl (C=O) groups excluding carboxylic acids is 1. The summed E-state index contributed by atoms with van der Waals surface area (Å²) in [5.74, 6) is -0.700. The van der Waals surface area contributed by atoms with Crippen LogP contribution in [0, 0.1) is 5.92 Å². The van der Waals surface area contributed by atoms with E-state index in [1.807, 2.05) is 13.8 Å². The van der Waals surface area contributed by atoms with Crippen molar-refractivity contribution in [2.45, 2.75) is 62.9 Å². The summed E-state index contributed by atoms with van der Waals surface area (Å²) in [6.07, 6.45) is -9.79. The van der Waals surface area contributed by atoms with Crippen molar-refractivity contribution in [1.29, 1.82) is 0 Å². The molecule has 118 valence electrons. The van der Waals surface area contributed by atoms with Crippen molar-refractivity contribution >= 4 is 5.97 Å². The molecule has 1 aliphatic carbocycles. The van der Waals surface area contributed by atoms with E-state index in [0.29, 0.717) is 6.42 Å². The van der Waals surface area contributed by atoms with Crippen LogP contribution >= 0.6 is 0 Å². The van der Waals surface area contributed by atoms with Crippen molar-refractivity contribution in [2.75, 3.05) is 0 Å². The predicted molar refractivity (Wildman–Crippen MR) is 67.3 cm³/mol. The van der Waals surface area contributed by atoms with Crippen molar-refractivity contribution < 1.29 is 35.1 Å². The first-order chi connectivity index (χ1) is 9.16. The van der Waals surface area contributed by atoms with Crippen molar-refractivity contribution in [3.05, 3.63) is 0 Å². The highest BCUT2D eigenvalue weighted by molar-refractivity contribution is 5.75. The maximum absolute atomic E-state index is 11.7. The lowest BCUT2D eigenvalue weighted by Crippen LogP contribution is -2.65. The summed E-state index contributed by atoms with van der Waals surface area (Å²) in [5, 5.41) is 47.8. The van der Waals surface area contributed by atoms with Crippen LogP contribution in [0.4, 0.5) is 0 Å². The molecule has 7 atom stereocenters. The Balaban J connectivity index is 2.72. The van der Waals surface area contributed by atoms with Crippen molar-refractivity contribution in [3.8, 4) is 0 Å². The Bertz CT molecular complexity index is 322. The van der Waals surface area contributed by atoms with Crippen LogP contribution < -0.4 is 5.73 Å². The molecule has 7 N–H and O–H groups in total. The number of ether oxygens (including phenoxy) is 1. The Morgan fingerprint density at radius 1 is 1.00 bits per heavy atom. The molecule has 0 radical (unpaired) electrons. The average Bonchev–Trinajstić information content (AvgIpc) is 2.38. The molecule has 0 amide bonds. The molecular weight excluding hydrogens is 270 g/mol. The van der Waals surface area contributed by atoms with Crippen LogP contribution in [0.25, 0.3) is 0 Å². The van der Waals surface area contributed by atoms with Gasteiger partial charge in [-0.15, -0.1) is 0 Å². The maximum Gasteiger partial charge on any atom is 0.323 e. The third kappa shape index (κ3) is 3.66. The quantitative estimate of drug-likeness (QED) is 0.302. The third-order valence-electron chi connectivity index (χ3n) is 3.35. The number of esters is 1. The maximum atomic E-state index is 11.7. The molecule has 1 saturated carbocycles. The lowest BCUT2D eigenvalue weighted by atomic mass is 9.85. The average molecular weight is 293 g/mol. The number of hydrogen-bond donors (Lipinski definition) is 6. The molecule has 0 saturated heterocycles. The van der Waals surface area contributed by atoms with Gasteiger partial charge in [-0.3, -0.25) is 4.79 Å². The standard InChI is InChI=1S/C12H23NO7/c1-4(2)3-5(13)12(19)20-11-9(17)7(15)6(14)8(16)10(11)18/h4-11,14-18H,3,13H2,1-2H3/t5-,6-,7-,8+,9-,10-,11-/m0/s1. The first-order valence-electron chi connectivity index (χ1n) is 6.53. The fourth-order valence-corrected chi connectivity index (χ4v) is 2.16. The molecular formula is C12H23NO7. The molecule has 0 aromatic heterocycles.